The Labute approximate surface area is 172 Å². The number of nitrogens with zero attached hydrogens (tertiary/aromatic N) is 3. The lowest BCUT2D eigenvalue weighted by Crippen LogP contribution is -2.52. The van der Waals surface area contributed by atoms with Crippen molar-refractivity contribution in [1.29, 1.82) is 0 Å². The van der Waals surface area contributed by atoms with Crippen molar-refractivity contribution in [2.45, 2.75) is 25.6 Å². The number of rotatable bonds is 6. The van der Waals surface area contributed by atoms with E-state index in [9.17, 15) is 13.2 Å². The van der Waals surface area contributed by atoms with Crippen LogP contribution in [0, 0.1) is 6.92 Å². The average Bonchev–Trinajstić information content (AvgIpc) is 2.64. The van der Waals surface area contributed by atoms with Crippen LogP contribution in [0.2, 0.25) is 5.02 Å². The van der Waals surface area contributed by atoms with E-state index in [2.05, 4.69) is 9.98 Å². The van der Waals surface area contributed by atoms with Gasteiger partial charge in [0.1, 0.15) is 5.56 Å². The molecule has 1 aliphatic heterocycles. The Morgan fingerprint density at radius 2 is 2.10 bits per heavy atom. The lowest BCUT2D eigenvalue weighted by atomic mass is 9.88. The molecule has 0 aliphatic carbocycles. The van der Waals surface area contributed by atoms with Gasteiger partial charge in [-0.2, -0.15) is 13.2 Å². The van der Waals surface area contributed by atoms with Crippen LogP contribution in [0.5, 0.6) is 5.88 Å². The molecular weight excluding hydrogens is 407 g/mol. The molecule has 29 heavy (non-hydrogen) atoms. The maximum Gasteiger partial charge on any atom is 0.421 e. The number of alkyl halides is 3. The van der Waals surface area contributed by atoms with Gasteiger partial charge in [-0.1, -0.05) is 11.6 Å². The number of aryl methyl sites for hydroxylation is 1. The molecule has 0 atom stereocenters. The van der Waals surface area contributed by atoms with Crippen molar-refractivity contribution < 1.29 is 22.6 Å². The first kappa shape index (κ1) is 21.4. The molecule has 9 heteroatoms. The molecule has 0 unspecified atom stereocenters. The molecule has 1 aliphatic rings. The Balaban J connectivity index is 1.97. The molecule has 1 saturated heterocycles. The number of ether oxygens (including phenoxy) is 2. The minimum absolute atomic E-state index is 0.0965. The number of halogens is 4. The maximum absolute atomic E-state index is 13.3. The molecule has 1 fully saturated rings. The fourth-order valence-corrected chi connectivity index (χ4v) is 3.14. The zero-order valence-electron chi connectivity index (χ0n) is 16.3. The lowest BCUT2D eigenvalue weighted by molar-refractivity contribution is -0.176. The molecule has 1 aromatic carbocycles. The molecule has 2 heterocycles. The van der Waals surface area contributed by atoms with E-state index >= 15 is 0 Å². The Kier molecular flexibility index (Phi) is 6.05. The standard InChI is InChI=1S/C20H21ClF3N3O2/c1-4-27(3)12-26-17-8-13(2)15(9-16(17)21)19(10-28-11-19)29-18-14(20(22,23)24)6-5-7-25-18/h5-9,12H,4,10-11H2,1-3H3. The van der Waals surface area contributed by atoms with E-state index in [1.165, 1.54) is 12.3 Å². The van der Waals surface area contributed by atoms with Crippen molar-refractivity contribution in [3.8, 4) is 5.88 Å². The quantitative estimate of drug-likeness (QED) is 0.482. The third-order valence-electron chi connectivity index (χ3n) is 4.72. The minimum atomic E-state index is -4.58. The van der Waals surface area contributed by atoms with Gasteiger partial charge in [0.2, 0.25) is 5.88 Å². The number of benzene rings is 1. The third-order valence-corrected chi connectivity index (χ3v) is 5.02. The predicted octanol–water partition coefficient (Wildman–Crippen LogP) is 4.98. The van der Waals surface area contributed by atoms with Crippen molar-refractivity contribution in [3.05, 3.63) is 52.2 Å². The topological polar surface area (TPSA) is 47.0 Å². The zero-order valence-corrected chi connectivity index (χ0v) is 17.0. The summed E-state index contributed by atoms with van der Waals surface area (Å²) in [5.41, 5.74) is -0.0232. The molecule has 1 aromatic heterocycles. The highest BCUT2D eigenvalue weighted by molar-refractivity contribution is 6.33. The Morgan fingerprint density at radius 1 is 1.38 bits per heavy atom. The van der Waals surface area contributed by atoms with Gasteiger partial charge in [0.25, 0.3) is 0 Å². The van der Waals surface area contributed by atoms with Crippen LogP contribution < -0.4 is 4.74 Å². The van der Waals surface area contributed by atoms with Crippen molar-refractivity contribution in [3.63, 3.8) is 0 Å². The Morgan fingerprint density at radius 3 is 2.69 bits per heavy atom. The van der Waals surface area contributed by atoms with Crippen LogP contribution in [-0.2, 0) is 16.5 Å². The van der Waals surface area contributed by atoms with Gasteiger partial charge in [-0.25, -0.2) is 9.98 Å². The normalized spacial score (nSPS) is 16.0. The number of aromatic nitrogens is 1. The van der Waals surface area contributed by atoms with E-state index in [0.717, 1.165) is 18.2 Å². The van der Waals surface area contributed by atoms with Gasteiger partial charge in [-0.05, 0) is 43.7 Å². The summed E-state index contributed by atoms with van der Waals surface area (Å²) in [6.07, 6.45) is -1.64. The van der Waals surface area contributed by atoms with Gasteiger partial charge in [0.05, 0.1) is 30.3 Å². The van der Waals surface area contributed by atoms with Crippen molar-refractivity contribution in [2.24, 2.45) is 4.99 Å². The summed E-state index contributed by atoms with van der Waals surface area (Å²) >= 11 is 6.40. The van der Waals surface area contributed by atoms with E-state index in [1.54, 1.807) is 18.5 Å². The number of aliphatic imine (C=N–C) groups is 1. The second kappa shape index (κ2) is 8.20. The highest BCUT2D eigenvalue weighted by Gasteiger charge is 2.47. The van der Waals surface area contributed by atoms with Crippen LogP contribution >= 0.6 is 11.6 Å². The Hall–Kier alpha value is -2.32. The van der Waals surface area contributed by atoms with Gasteiger partial charge in [-0.3, -0.25) is 0 Å². The van der Waals surface area contributed by atoms with Crippen LogP contribution in [0.4, 0.5) is 18.9 Å². The van der Waals surface area contributed by atoms with E-state index in [4.69, 9.17) is 21.1 Å². The van der Waals surface area contributed by atoms with Gasteiger partial charge >= 0.3 is 6.18 Å². The van der Waals surface area contributed by atoms with Gasteiger partial charge in [0.15, 0.2) is 5.60 Å². The molecule has 0 amide bonds. The smallest absolute Gasteiger partial charge is 0.421 e. The number of hydrogen-bond acceptors (Lipinski definition) is 4. The SMILES string of the molecule is CCN(C)C=Nc1cc(C)c(C2(Oc3ncccc3C(F)(F)F)COC2)cc1Cl. The van der Waals surface area contributed by atoms with Crippen molar-refractivity contribution >= 4 is 23.6 Å². The van der Waals surface area contributed by atoms with E-state index in [1.807, 2.05) is 25.8 Å². The molecular formula is C20H21ClF3N3O2. The lowest BCUT2D eigenvalue weighted by Gasteiger charge is -2.42. The second-order valence-electron chi connectivity index (χ2n) is 6.88. The van der Waals surface area contributed by atoms with Crippen LogP contribution in [0.15, 0.2) is 35.5 Å². The summed E-state index contributed by atoms with van der Waals surface area (Å²) in [6.45, 7) is 4.81. The molecule has 0 spiro atoms. The number of pyridine rings is 1. The molecule has 5 nitrogen and oxygen atoms in total. The molecule has 0 N–H and O–H groups in total. The van der Waals surface area contributed by atoms with Gasteiger partial charge in [0, 0.05) is 25.4 Å². The minimum Gasteiger partial charge on any atom is -0.461 e. The molecule has 3 rings (SSSR count). The summed E-state index contributed by atoms with van der Waals surface area (Å²) in [5.74, 6) is -0.481. The van der Waals surface area contributed by atoms with Crippen molar-refractivity contribution in [1.82, 2.24) is 9.88 Å². The molecule has 2 aromatic rings. The van der Waals surface area contributed by atoms with Crippen LogP contribution in [-0.4, -0.2) is 43.0 Å². The molecule has 0 radical (unpaired) electrons. The highest BCUT2D eigenvalue weighted by atomic mass is 35.5. The van der Waals surface area contributed by atoms with Gasteiger partial charge in [-0.15, -0.1) is 0 Å². The summed E-state index contributed by atoms with van der Waals surface area (Å²) < 4.78 is 51.1. The third kappa shape index (κ3) is 4.48. The predicted molar refractivity (Wildman–Crippen MR) is 105 cm³/mol. The maximum atomic E-state index is 13.3. The summed E-state index contributed by atoms with van der Waals surface area (Å²) in [7, 11) is 1.89. The molecule has 0 saturated carbocycles. The fourth-order valence-electron chi connectivity index (χ4n) is 2.93. The Bertz CT molecular complexity index is 914. The summed E-state index contributed by atoms with van der Waals surface area (Å²) in [6, 6.07) is 5.62. The van der Waals surface area contributed by atoms with E-state index in [0.29, 0.717) is 16.3 Å². The van der Waals surface area contributed by atoms with E-state index < -0.39 is 23.2 Å². The van der Waals surface area contributed by atoms with E-state index in [-0.39, 0.29) is 13.2 Å². The summed E-state index contributed by atoms with van der Waals surface area (Å²) in [4.78, 5) is 10.1. The zero-order chi connectivity index (χ0) is 21.2. The second-order valence-corrected chi connectivity index (χ2v) is 7.29. The summed E-state index contributed by atoms with van der Waals surface area (Å²) in [5, 5.41) is 0.373. The fraction of sp³-hybridized carbons (Fsp3) is 0.400. The number of hydrogen-bond donors (Lipinski definition) is 0. The van der Waals surface area contributed by atoms with Crippen LogP contribution in [0.25, 0.3) is 0 Å². The van der Waals surface area contributed by atoms with Crippen LogP contribution in [0.3, 0.4) is 0 Å². The monoisotopic (exact) mass is 427 g/mol. The highest BCUT2D eigenvalue weighted by Crippen LogP contribution is 2.43. The van der Waals surface area contributed by atoms with Crippen LogP contribution in [0.1, 0.15) is 23.6 Å². The first-order chi connectivity index (χ1) is 13.7. The molecule has 156 valence electrons. The first-order valence-corrected chi connectivity index (χ1v) is 9.38. The molecule has 0 bridgehead atoms. The van der Waals surface area contributed by atoms with Gasteiger partial charge < -0.3 is 14.4 Å². The average molecular weight is 428 g/mol. The van der Waals surface area contributed by atoms with Crippen molar-refractivity contribution in [2.75, 3.05) is 26.8 Å². The largest absolute Gasteiger partial charge is 0.461 e. The first-order valence-electron chi connectivity index (χ1n) is 9.00.